The van der Waals surface area contributed by atoms with Gasteiger partial charge in [-0.25, -0.2) is 0 Å². The number of aryl methyl sites for hydroxylation is 1. The fraction of sp³-hybridized carbons (Fsp3) is 0.364. The van der Waals surface area contributed by atoms with Crippen molar-refractivity contribution in [1.29, 1.82) is 0 Å². The van der Waals surface area contributed by atoms with E-state index in [1.165, 1.54) is 22.3 Å². The topological polar surface area (TPSA) is 0 Å². The summed E-state index contributed by atoms with van der Waals surface area (Å²) in [6.07, 6.45) is 0. The first-order valence-electron chi connectivity index (χ1n) is 8.14. The molecule has 0 fully saturated rings. The van der Waals surface area contributed by atoms with Crippen LogP contribution in [0.5, 0.6) is 0 Å². The van der Waals surface area contributed by atoms with Crippen molar-refractivity contribution in [3.8, 4) is 23.0 Å². The molecule has 2 aromatic rings. The van der Waals surface area contributed by atoms with Gasteiger partial charge in [-0.15, -0.1) is 0 Å². The second-order valence-corrected chi connectivity index (χ2v) is 6.44. The zero-order valence-corrected chi connectivity index (χ0v) is 14.6. The molecule has 2 aromatic carbocycles. The van der Waals surface area contributed by atoms with Crippen LogP contribution in [0.1, 0.15) is 45.7 Å². The van der Waals surface area contributed by atoms with Crippen LogP contribution in [0.3, 0.4) is 0 Å². The molecule has 0 heterocycles. The summed E-state index contributed by atoms with van der Waals surface area (Å²) in [6, 6.07) is 17.5. The third-order valence-electron chi connectivity index (χ3n) is 4.72. The maximum absolute atomic E-state index is 3.35. The highest BCUT2D eigenvalue weighted by atomic mass is 14.5. The molecule has 0 nitrogen and oxygen atoms in total. The van der Waals surface area contributed by atoms with Crippen molar-refractivity contribution in [2.75, 3.05) is 0 Å². The van der Waals surface area contributed by atoms with Crippen molar-refractivity contribution in [2.45, 2.75) is 47.0 Å². The Morgan fingerprint density at radius 2 is 1.14 bits per heavy atom. The summed E-state index contributed by atoms with van der Waals surface area (Å²) in [4.78, 5) is 0. The molecule has 3 rings (SSSR count). The van der Waals surface area contributed by atoms with Crippen molar-refractivity contribution in [3.05, 3.63) is 59.7 Å². The second kappa shape index (κ2) is 6.01. The molecule has 0 heteroatoms. The molecule has 1 unspecified atom stereocenters. The van der Waals surface area contributed by atoms with E-state index in [0.717, 1.165) is 0 Å². The number of hydrogen-bond acceptors (Lipinski definition) is 0. The molecule has 0 saturated heterocycles. The minimum Gasteiger partial charge on any atom is -0.0942 e. The van der Waals surface area contributed by atoms with Gasteiger partial charge in [0.1, 0.15) is 0 Å². The zero-order chi connectivity index (χ0) is 16.4. The Kier molecular flexibility index (Phi) is 4.47. The molecule has 22 heavy (non-hydrogen) atoms. The van der Waals surface area contributed by atoms with E-state index in [2.05, 4.69) is 88.1 Å². The zero-order valence-electron chi connectivity index (χ0n) is 14.6. The van der Waals surface area contributed by atoms with Gasteiger partial charge in [-0.3, -0.25) is 0 Å². The first-order chi connectivity index (χ1) is 10.4. The summed E-state index contributed by atoms with van der Waals surface area (Å²) < 4.78 is 0. The Bertz CT molecular complexity index is 690. The standard InChI is InChI=1S/C20H20.C2H6/c1-15-5-7-16(8-6-15)17-9-11-18(12-10-17)20(4)14-13-19(20,2)3;1-2/h5-12H,1-4H3;1-2H3. The van der Waals surface area contributed by atoms with Crippen LogP contribution < -0.4 is 0 Å². The summed E-state index contributed by atoms with van der Waals surface area (Å²) in [6.45, 7) is 12.8. The van der Waals surface area contributed by atoms with Gasteiger partial charge in [0.25, 0.3) is 0 Å². The van der Waals surface area contributed by atoms with Gasteiger partial charge in [-0.05, 0) is 44.4 Å². The lowest BCUT2D eigenvalue weighted by atomic mass is 9.58. The van der Waals surface area contributed by atoms with Crippen molar-refractivity contribution in [2.24, 2.45) is 5.41 Å². The van der Waals surface area contributed by atoms with Gasteiger partial charge < -0.3 is 0 Å². The van der Waals surface area contributed by atoms with E-state index in [4.69, 9.17) is 0 Å². The van der Waals surface area contributed by atoms with Crippen LogP contribution in [0.15, 0.2) is 48.5 Å². The molecular formula is C22H26. The molecule has 1 aliphatic rings. The minimum absolute atomic E-state index is 0.0151. The van der Waals surface area contributed by atoms with E-state index >= 15 is 0 Å². The van der Waals surface area contributed by atoms with E-state index in [0.29, 0.717) is 0 Å². The lowest BCUT2D eigenvalue weighted by molar-refractivity contribution is 0.303. The fourth-order valence-electron chi connectivity index (χ4n) is 2.68. The van der Waals surface area contributed by atoms with Crippen molar-refractivity contribution in [1.82, 2.24) is 0 Å². The maximum atomic E-state index is 3.35. The van der Waals surface area contributed by atoms with Gasteiger partial charge in [-0.1, -0.05) is 79.8 Å². The predicted octanol–water partition coefficient (Wildman–Crippen LogP) is 5.99. The van der Waals surface area contributed by atoms with Crippen molar-refractivity contribution >= 4 is 0 Å². The van der Waals surface area contributed by atoms with Gasteiger partial charge in [0.15, 0.2) is 0 Å². The highest BCUT2D eigenvalue weighted by molar-refractivity contribution is 5.65. The largest absolute Gasteiger partial charge is 0.0942 e. The van der Waals surface area contributed by atoms with Crippen LogP contribution in [0.2, 0.25) is 0 Å². The third-order valence-corrected chi connectivity index (χ3v) is 4.72. The molecule has 114 valence electrons. The van der Waals surface area contributed by atoms with Crippen LogP contribution in [0.4, 0.5) is 0 Å². The van der Waals surface area contributed by atoms with Gasteiger partial charge in [0.2, 0.25) is 0 Å². The lowest BCUT2D eigenvalue weighted by Crippen LogP contribution is -2.43. The molecule has 1 atom stereocenters. The summed E-state index contributed by atoms with van der Waals surface area (Å²) in [5, 5.41) is 0. The lowest BCUT2D eigenvalue weighted by Gasteiger charge is -2.43. The average Bonchev–Trinajstić information content (AvgIpc) is 2.56. The number of rotatable bonds is 2. The molecule has 0 aromatic heterocycles. The third kappa shape index (κ3) is 2.69. The van der Waals surface area contributed by atoms with E-state index in [9.17, 15) is 0 Å². The van der Waals surface area contributed by atoms with Gasteiger partial charge in [-0.2, -0.15) is 0 Å². The highest BCUT2D eigenvalue weighted by Crippen LogP contribution is 2.46. The fourth-order valence-corrected chi connectivity index (χ4v) is 2.68. The van der Waals surface area contributed by atoms with Crippen molar-refractivity contribution in [3.63, 3.8) is 0 Å². The first-order valence-corrected chi connectivity index (χ1v) is 8.14. The monoisotopic (exact) mass is 290 g/mol. The van der Waals surface area contributed by atoms with Crippen LogP contribution in [-0.4, -0.2) is 0 Å². The van der Waals surface area contributed by atoms with Gasteiger partial charge in [0, 0.05) is 5.41 Å². The van der Waals surface area contributed by atoms with E-state index in [1.54, 1.807) is 0 Å². The maximum Gasteiger partial charge on any atom is 0.0694 e. The van der Waals surface area contributed by atoms with Crippen LogP contribution in [0, 0.1) is 24.2 Å². The Labute approximate surface area is 135 Å². The normalized spacial score (nSPS) is 20.8. The van der Waals surface area contributed by atoms with Crippen LogP contribution >= 0.6 is 0 Å². The molecule has 0 aliphatic heterocycles. The molecule has 1 aliphatic carbocycles. The number of benzene rings is 2. The summed E-state index contributed by atoms with van der Waals surface area (Å²) >= 11 is 0. The van der Waals surface area contributed by atoms with E-state index < -0.39 is 0 Å². The molecule has 0 saturated carbocycles. The quantitative estimate of drug-likeness (QED) is 0.596. The summed E-state index contributed by atoms with van der Waals surface area (Å²) in [7, 11) is 0. The smallest absolute Gasteiger partial charge is 0.0694 e. The molecule has 0 bridgehead atoms. The first kappa shape index (κ1) is 16.4. The molecule has 0 radical (unpaired) electrons. The predicted molar refractivity (Wildman–Crippen MR) is 96.9 cm³/mol. The summed E-state index contributed by atoms with van der Waals surface area (Å²) in [5.74, 6) is 6.62. The van der Waals surface area contributed by atoms with Gasteiger partial charge >= 0.3 is 0 Å². The van der Waals surface area contributed by atoms with Gasteiger partial charge in [0.05, 0.1) is 5.41 Å². The van der Waals surface area contributed by atoms with E-state index in [-0.39, 0.29) is 10.8 Å². The molecule has 0 N–H and O–H groups in total. The van der Waals surface area contributed by atoms with E-state index in [1.807, 2.05) is 13.8 Å². The SMILES string of the molecule is CC.Cc1ccc(-c2ccc(C3(C)C#CC3(C)C)cc2)cc1. The molecular weight excluding hydrogens is 264 g/mol. The molecule has 0 spiro atoms. The second-order valence-electron chi connectivity index (χ2n) is 6.44. The average molecular weight is 290 g/mol. The minimum atomic E-state index is -0.0151. The highest BCUT2D eigenvalue weighted by Gasteiger charge is 2.45. The Morgan fingerprint density at radius 1 is 0.682 bits per heavy atom. The van der Waals surface area contributed by atoms with Crippen molar-refractivity contribution < 1.29 is 0 Å². The summed E-state index contributed by atoms with van der Waals surface area (Å²) in [5.41, 5.74) is 5.20. The van der Waals surface area contributed by atoms with Crippen LogP contribution in [0.25, 0.3) is 11.1 Å². The van der Waals surface area contributed by atoms with Crippen LogP contribution in [-0.2, 0) is 5.41 Å². The number of hydrogen-bond donors (Lipinski definition) is 0. The Hall–Kier alpha value is -2.00. The molecule has 0 amide bonds. The Balaban J connectivity index is 0.000000847. The Morgan fingerprint density at radius 3 is 1.50 bits per heavy atom.